The number of esters is 1. The highest BCUT2D eigenvalue weighted by molar-refractivity contribution is 9.11. The van der Waals surface area contributed by atoms with Gasteiger partial charge in [-0.3, -0.25) is 9.69 Å². The number of ether oxygens (including phenoxy) is 1. The average Bonchev–Trinajstić information content (AvgIpc) is 2.98. The summed E-state index contributed by atoms with van der Waals surface area (Å²) in [6.45, 7) is 0.318. The van der Waals surface area contributed by atoms with Crippen LogP contribution in [-0.4, -0.2) is 47.7 Å². The summed E-state index contributed by atoms with van der Waals surface area (Å²) >= 11 is 6.56. The van der Waals surface area contributed by atoms with Gasteiger partial charge in [-0.05, 0) is 40.9 Å². The molecule has 1 aromatic rings. The van der Waals surface area contributed by atoms with Crippen molar-refractivity contribution < 1.29 is 24.2 Å². The Morgan fingerprint density at radius 3 is 2.65 bits per heavy atom. The molecule has 0 unspecified atom stereocenters. The van der Waals surface area contributed by atoms with Crippen molar-refractivity contribution in [3.8, 4) is 0 Å². The van der Waals surface area contributed by atoms with Crippen LogP contribution in [0.5, 0.6) is 0 Å². The highest BCUT2D eigenvalue weighted by Gasteiger charge is 2.34. The Hall–Kier alpha value is -1.61. The smallest absolute Gasteiger partial charge is 0.407 e. The summed E-state index contributed by atoms with van der Waals surface area (Å²) in [5.74, 6) is -1.08. The third-order valence-electron chi connectivity index (χ3n) is 3.51. The molecule has 1 heterocycles. The lowest BCUT2D eigenvalue weighted by Crippen LogP contribution is -2.42. The fourth-order valence-corrected chi connectivity index (χ4v) is 3.77. The van der Waals surface area contributed by atoms with Crippen molar-refractivity contribution in [2.24, 2.45) is 0 Å². The van der Waals surface area contributed by atoms with Crippen molar-refractivity contribution >= 4 is 55.5 Å². The predicted molar refractivity (Wildman–Crippen MR) is 89.6 cm³/mol. The summed E-state index contributed by atoms with van der Waals surface area (Å²) in [4.78, 5) is 36.6. The van der Waals surface area contributed by atoms with E-state index >= 15 is 0 Å². The van der Waals surface area contributed by atoms with Crippen molar-refractivity contribution in [2.45, 2.75) is 18.9 Å². The summed E-state index contributed by atoms with van der Waals surface area (Å²) in [6, 6.07) is 2.43. The van der Waals surface area contributed by atoms with E-state index in [1.54, 1.807) is 6.07 Å². The number of nitrogens with zero attached hydrogens (tertiary/aromatic N) is 1. The summed E-state index contributed by atoms with van der Waals surface area (Å²) in [7, 11) is 1.24. The van der Waals surface area contributed by atoms with Gasteiger partial charge in [0.1, 0.15) is 6.04 Å². The summed E-state index contributed by atoms with van der Waals surface area (Å²) < 4.78 is 5.84. The second-order valence-corrected chi connectivity index (χ2v) is 6.70. The number of amides is 2. The zero-order chi connectivity index (χ0) is 17.1. The number of carbonyl (C=O) groups excluding carboxylic acids is 2. The van der Waals surface area contributed by atoms with E-state index in [2.05, 4.69) is 37.2 Å². The molecule has 9 heteroatoms. The SMILES string of the molecule is COC(=O)c1cc(Br)cc(Br)c1NC(=O)[C@@H]1CCCN1C(=O)O. The number of hydrogen-bond acceptors (Lipinski definition) is 4. The minimum Gasteiger partial charge on any atom is -0.465 e. The molecule has 1 atom stereocenters. The maximum atomic E-state index is 12.4. The van der Waals surface area contributed by atoms with E-state index in [0.29, 0.717) is 28.3 Å². The second kappa shape index (κ2) is 7.31. The zero-order valence-electron chi connectivity index (χ0n) is 12.1. The Kier molecular flexibility index (Phi) is 5.64. The summed E-state index contributed by atoms with van der Waals surface area (Å²) in [6.07, 6.45) is -0.0685. The third kappa shape index (κ3) is 3.84. The molecule has 124 valence electrons. The molecule has 7 nitrogen and oxygen atoms in total. The van der Waals surface area contributed by atoms with Gasteiger partial charge in [0, 0.05) is 15.5 Å². The lowest BCUT2D eigenvalue weighted by atomic mass is 10.1. The van der Waals surface area contributed by atoms with E-state index in [1.165, 1.54) is 13.2 Å². The van der Waals surface area contributed by atoms with Gasteiger partial charge in [0.05, 0.1) is 18.4 Å². The third-order valence-corrected chi connectivity index (χ3v) is 4.59. The molecule has 1 aliphatic rings. The number of likely N-dealkylation sites (tertiary alicyclic amines) is 1. The maximum Gasteiger partial charge on any atom is 0.407 e. The minimum absolute atomic E-state index is 0.168. The van der Waals surface area contributed by atoms with E-state index in [-0.39, 0.29) is 11.3 Å². The number of hydrogen-bond donors (Lipinski definition) is 2. The standard InChI is InChI=1S/C14H14Br2N2O5/c1-23-13(20)8-5-7(15)6-9(16)11(8)17-12(19)10-3-2-4-18(10)14(21)22/h5-6,10H,2-4H2,1H3,(H,17,19)(H,21,22)/t10-/m0/s1. The molecule has 1 fully saturated rings. The molecule has 23 heavy (non-hydrogen) atoms. The molecule has 0 saturated carbocycles. The van der Waals surface area contributed by atoms with Gasteiger partial charge >= 0.3 is 12.1 Å². The Balaban J connectivity index is 2.30. The second-order valence-electron chi connectivity index (χ2n) is 4.92. The first-order valence-corrected chi connectivity index (χ1v) is 8.31. The number of carbonyl (C=O) groups is 3. The van der Waals surface area contributed by atoms with Crippen LogP contribution in [0.2, 0.25) is 0 Å². The molecule has 2 rings (SSSR count). The molecular weight excluding hydrogens is 436 g/mol. The number of anilines is 1. The number of nitrogens with one attached hydrogen (secondary N) is 1. The molecule has 1 aliphatic heterocycles. The number of rotatable bonds is 3. The molecule has 1 saturated heterocycles. The van der Waals surface area contributed by atoms with Crippen LogP contribution >= 0.6 is 31.9 Å². The maximum absolute atomic E-state index is 12.4. The van der Waals surface area contributed by atoms with E-state index in [1.807, 2.05) is 0 Å². The summed E-state index contributed by atoms with van der Waals surface area (Å²) in [5.41, 5.74) is 0.421. The van der Waals surface area contributed by atoms with E-state index in [0.717, 1.165) is 4.90 Å². The lowest BCUT2D eigenvalue weighted by molar-refractivity contribution is -0.119. The Morgan fingerprint density at radius 1 is 1.35 bits per heavy atom. The van der Waals surface area contributed by atoms with Crippen LogP contribution in [0.3, 0.4) is 0 Å². The Bertz CT molecular complexity index is 665. The van der Waals surface area contributed by atoms with Crippen molar-refractivity contribution in [3.05, 3.63) is 26.6 Å². The van der Waals surface area contributed by atoms with Crippen LogP contribution in [0.15, 0.2) is 21.1 Å². The van der Waals surface area contributed by atoms with Crippen LogP contribution < -0.4 is 5.32 Å². The van der Waals surface area contributed by atoms with Crippen LogP contribution in [0, 0.1) is 0 Å². The van der Waals surface area contributed by atoms with Crippen LogP contribution in [0.4, 0.5) is 10.5 Å². The fourth-order valence-electron chi connectivity index (χ4n) is 2.45. The molecule has 2 N–H and O–H groups in total. The molecule has 0 radical (unpaired) electrons. The Labute approximate surface area is 149 Å². The Morgan fingerprint density at radius 2 is 2.04 bits per heavy atom. The van der Waals surface area contributed by atoms with Gasteiger partial charge in [-0.2, -0.15) is 0 Å². The minimum atomic E-state index is -1.13. The van der Waals surface area contributed by atoms with Gasteiger partial charge in [0.15, 0.2) is 0 Å². The van der Waals surface area contributed by atoms with E-state index < -0.39 is 24.0 Å². The first kappa shape index (κ1) is 17.7. The number of halogens is 2. The number of carboxylic acid groups (broad SMARTS) is 1. The molecule has 0 bridgehead atoms. The van der Waals surface area contributed by atoms with Gasteiger partial charge in [-0.1, -0.05) is 15.9 Å². The first-order chi connectivity index (χ1) is 10.8. The van der Waals surface area contributed by atoms with Crippen LogP contribution in [0.1, 0.15) is 23.2 Å². The average molecular weight is 450 g/mol. The lowest BCUT2D eigenvalue weighted by Gasteiger charge is -2.21. The van der Waals surface area contributed by atoms with Gasteiger partial charge < -0.3 is 15.2 Å². The van der Waals surface area contributed by atoms with Gasteiger partial charge in [0.2, 0.25) is 5.91 Å². The van der Waals surface area contributed by atoms with Crippen molar-refractivity contribution in [1.82, 2.24) is 4.90 Å². The molecule has 0 spiro atoms. The predicted octanol–water partition coefficient (Wildman–Crippen LogP) is 3.08. The van der Waals surface area contributed by atoms with Crippen molar-refractivity contribution in [1.29, 1.82) is 0 Å². The highest BCUT2D eigenvalue weighted by atomic mass is 79.9. The molecule has 1 aromatic carbocycles. The molecule has 0 aliphatic carbocycles. The molecule has 2 amide bonds. The van der Waals surface area contributed by atoms with Crippen molar-refractivity contribution in [2.75, 3.05) is 19.0 Å². The van der Waals surface area contributed by atoms with Crippen molar-refractivity contribution in [3.63, 3.8) is 0 Å². The van der Waals surface area contributed by atoms with Crippen LogP contribution in [-0.2, 0) is 9.53 Å². The fraction of sp³-hybridized carbons (Fsp3) is 0.357. The van der Waals surface area contributed by atoms with E-state index in [9.17, 15) is 14.4 Å². The molecule has 0 aromatic heterocycles. The van der Waals surface area contributed by atoms with Crippen LogP contribution in [0.25, 0.3) is 0 Å². The summed E-state index contributed by atoms with van der Waals surface area (Å²) in [5, 5.41) is 11.8. The van der Waals surface area contributed by atoms with Gasteiger partial charge in [0.25, 0.3) is 0 Å². The topological polar surface area (TPSA) is 95.9 Å². The number of methoxy groups -OCH3 is 1. The van der Waals surface area contributed by atoms with E-state index in [4.69, 9.17) is 9.84 Å². The normalized spacial score (nSPS) is 17.0. The van der Waals surface area contributed by atoms with Gasteiger partial charge in [-0.25, -0.2) is 9.59 Å². The largest absolute Gasteiger partial charge is 0.465 e. The van der Waals surface area contributed by atoms with Gasteiger partial charge in [-0.15, -0.1) is 0 Å². The highest BCUT2D eigenvalue weighted by Crippen LogP contribution is 2.32. The number of benzene rings is 1. The monoisotopic (exact) mass is 448 g/mol. The quantitative estimate of drug-likeness (QED) is 0.691. The zero-order valence-corrected chi connectivity index (χ0v) is 15.3. The molecular formula is C14H14Br2N2O5. The first-order valence-electron chi connectivity index (χ1n) is 6.73.